The van der Waals surface area contributed by atoms with Crippen LogP contribution in [0.3, 0.4) is 0 Å². The van der Waals surface area contributed by atoms with Crippen molar-refractivity contribution in [2.45, 2.75) is 6.92 Å². The Balaban J connectivity index is 2.01. The van der Waals surface area contributed by atoms with E-state index in [-0.39, 0.29) is 6.09 Å². The van der Waals surface area contributed by atoms with Crippen molar-refractivity contribution in [1.29, 1.82) is 0 Å². The van der Waals surface area contributed by atoms with E-state index < -0.39 is 0 Å². The standard InChI is InChI=1S/C14H18BrN3O2S/c1-2-20-14(19)18-7-5-17(6-8-18)10-3-4-11(13(16)21)12(15)9-10/h3-4,9H,2,5-8H2,1H3,(H2,16,21). The average Bonchev–Trinajstić information content (AvgIpc) is 2.47. The number of benzene rings is 1. The van der Waals surface area contributed by atoms with E-state index >= 15 is 0 Å². The van der Waals surface area contributed by atoms with E-state index in [1.165, 1.54) is 0 Å². The van der Waals surface area contributed by atoms with Crippen LogP contribution in [0.2, 0.25) is 0 Å². The van der Waals surface area contributed by atoms with Gasteiger partial charge < -0.3 is 20.3 Å². The summed E-state index contributed by atoms with van der Waals surface area (Å²) in [6.07, 6.45) is -0.234. The number of carbonyl (C=O) groups is 1. The molecule has 0 spiro atoms. The van der Waals surface area contributed by atoms with Gasteiger partial charge >= 0.3 is 6.09 Å². The van der Waals surface area contributed by atoms with Crippen molar-refractivity contribution in [3.63, 3.8) is 0 Å². The van der Waals surface area contributed by atoms with E-state index in [1.54, 1.807) is 4.90 Å². The number of carbonyl (C=O) groups excluding carboxylic acids is 1. The Bertz CT molecular complexity index is 545. The van der Waals surface area contributed by atoms with Crippen LogP contribution < -0.4 is 10.6 Å². The maximum atomic E-state index is 11.7. The Hall–Kier alpha value is -1.34. The average molecular weight is 372 g/mol. The largest absolute Gasteiger partial charge is 0.450 e. The van der Waals surface area contributed by atoms with Gasteiger partial charge in [-0.05, 0) is 41.1 Å². The van der Waals surface area contributed by atoms with Crippen LogP contribution >= 0.6 is 28.1 Å². The fourth-order valence-electron chi connectivity index (χ4n) is 2.26. The molecule has 114 valence electrons. The van der Waals surface area contributed by atoms with Crippen molar-refractivity contribution in [3.05, 3.63) is 28.2 Å². The lowest BCUT2D eigenvalue weighted by molar-refractivity contribution is 0.105. The quantitative estimate of drug-likeness (QED) is 0.826. The van der Waals surface area contributed by atoms with Gasteiger partial charge in [0.05, 0.1) is 6.61 Å². The molecule has 2 rings (SSSR count). The van der Waals surface area contributed by atoms with Crippen LogP contribution in [0.25, 0.3) is 0 Å². The minimum atomic E-state index is -0.234. The molecular weight excluding hydrogens is 354 g/mol. The number of halogens is 1. The van der Waals surface area contributed by atoms with Crippen molar-refractivity contribution in [2.24, 2.45) is 5.73 Å². The molecule has 1 aliphatic rings. The number of anilines is 1. The van der Waals surface area contributed by atoms with Crippen molar-refractivity contribution < 1.29 is 9.53 Å². The Morgan fingerprint density at radius 2 is 2.05 bits per heavy atom. The van der Waals surface area contributed by atoms with Gasteiger partial charge in [-0.2, -0.15) is 0 Å². The molecule has 1 aromatic carbocycles. The fraction of sp³-hybridized carbons (Fsp3) is 0.429. The molecule has 0 unspecified atom stereocenters. The third-order valence-corrected chi connectivity index (χ3v) is 4.26. The highest BCUT2D eigenvalue weighted by molar-refractivity contribution is 9.10. The Kier molecular flexibility index (Phi) is 5.41. The van der Waals surface area contributed by atoms with E-state index in [1.807, 2.05) is 25.1 Å². The van der Waals surface area contributed by atoms with Crippen molar-refractivity contribution in [3.8, 4) is 0 Å². The third-order valence-electron chi connectivity index (χ3n) is 3.39. The van der Waals surface area contributed by atoms with Crippen LogP contribution in [0.5, 0.6) is 0 Å². The van der Waals surface area contributed by atoms with Gasteiger partial charge in [0, 0.05) is 41.9 Å². The number of ether oxygens (including phenoxy) is 1. The molecule has 0 aliphatic carbocycles. The first kappa shape index (κ1) is 16.0. The first-order valence-electron chi connectivity index (χ1n) is 6.79. The lowest BCUT2D eigenvalue weighted by Gasteiger charge is -2.35. The molecule has 0 saturated carbocycles. The van der Waals surface area contributed by atoms with Crippen LogP contribution in [0.15, 0.2) is 22.7 Å². The summed E-state index contributed by atoms with van der Waals surface area (Å²) in [4.78, 5) is 16.0. The summed E-state index contributed by atoms with van der Waals surface area (Å²) in [6.45, 7) is 5.10. The fourth-order valence-corrected chi connectivity index (χ4v) is 3.15. The lowest BCUT2D eigenvalue weighted by Crippen LogP contribution is -2.49. The zero-order valence-electron chi connectivity index (χ0n) is 11.8. The molecule has 1 amide bonds. The molecule has 0 bridgehead atoms. The molecule has 21 heavy (non-hydrogen) atoms. The highest BCUT2D eigenvalue weighted by atomic mass is 79.9. The van der Waals surface area contributed by atoms with Gasteiger partial charge in [0.2, 0.25) is 0 Å². The van der Waals surface area contributed by atoms with Gasteiger partial charge in [0.1, 0.15) is 4.99 Å². The molecule has 1 heterocycles. The van der Waals surface area contributed by atoms with Crippen molar-refractivity contribution in [2.75, 3.05) is 37.7 Å². The van der Waals surface area contributed by atoms with Crippen LogP contribution in [0, 0.1) is 0 Å². The number of hydrogen-bond acceptors (Lipinski definition) is 4. The van der Waals surface area contributed by atoms with Gasteiger partial charge in [0.25, 0.3) is 0 Å². The van der Waals surface area contributed by atoms with E-state index in [0.29, 0.717) is 24.7 Å². The molecular formula is C14H18BrN3O2S. The molecule has 0 atom stereocenters. The van der Waals surface area contributed by atoms with Gasteiger partial charge in [-0.3, -0.25) is 0 Å². The summed E-state index contributed by atoms with van der Waals surface area (Å²) in [7, 11) is 0. The summed E-state index contributed by atoms with van der Waals surface area (Å²) < 4.78 is 5.91. The zero-order valence-corrected chi connectivity index (χ0v) is 14.2. The van der Waals surface area contributed by atoms with Crippen molar-refractivity contribution in [1.82, 2.24) is 4.90 Å². The summed E-state index contributed by atoms with van der Waals surface area (Å²) in [6, 6.07) is 5.92. The molecule has 7 heteroatoms. The maximum absolute atomic E-state index is 11.7. The predicted octanol–water partition coefficient (Wildman–Crippen LogP) is 2.36. The topological polar surface area (TPSA) is 58.8 Å². The highest BCUT2D eigenvalue weighted by Crippen LogP contribution is 2.25. The van der Waals surface area contributed by atoms with Crippen molar-refractivity contribution >= 4 is 44.9 Å². The van der Waals surface area contributed by atoms with Crippen LogP contribution in [0.4, 0.5) is 10.5 Å². The molecule has 5 nitrogen and oxygen atoms in total. The number of hydrogen-bond donors (Lipinski definition) is 1. The molecule has 0 aromatic heterocycles. The zero-order chi connectivity index (χ0) is 15.4. The van der Waals surface area contributed by atoms with Gasteiger partial charge in [-0.15, -0.1) is 0 Å². The summed E-state index contributed by atoms with van der Waals surface area (Å²) >= 11 is 8.49. The Labute approximate surface area is 138 Å². The molecule has 1 aromatic rings. The Morgan fingerprint density at radius 1 is 1.38 bits per heavy atom. The second-order valence-corrected chi connectivity index (χ2v) is 6.00. The predicted molar refractivity (Wildman–Crippen MR) is 90.8 cm³/mol. The Morgan fingerprint density at radius 3 is 2.57 bits per heavy atom. The van der Waals surface area contributed by atoms with Crippen LogP contribution in [-0.2, 0) is 4.74 Å². The minimum Gasteiger partial charge on any atom is -0.450 e. The smallest absolute Gasteiger partial charge is 0.409 e. The summed E-state index contributed by atoms with van der Waals surface area (Å²) in [5, 5.41) is 0. The SMILES string of the molecule is CCOC(=O)N1CCN(c2ccc(C(N)=S)c(Br)c2)CC1. The lowest BCUT2D eigenvalue weighted by atomic mass is 10.2. The minimum absolute atomic E-state index is 0.234. The molecule has 1 aliphatic heterocycles. The van der Waals surface area contributed by atoms with Gasteiger partial charge in [-0.25, -0.2) is 4.79 Å². The molecule has 0 radical (unpaired) electrons. The van der Waals surface area contributed by atoms with E-state index in [2.05, 4.69) is 20.8 Å². The summed E-state index contributed by atoms with van der Waals surface area (Å²) in [5.41, 5.74) is 7.57. The maximum Gasteiger partial charge on any atom is 0.409 e. The number of nitrogens with two attached hydrogens (primary N) is 1. The highest BCUT2D eigenvalue weighted by Gasteiger charge is 2.22. The van der Waals surface area contributed by atoms with Gasteiger partial charge in [0.15, 0.2) is 0 Å². The van der Waals surface area contributed by atoms with E-state index in [4.69, 9.17) is 22.7 Å². The normalized spacial score (nSPS) is 15.0. The molecule has 1 fully saturated rings. The van der Waals surface area contributed by atoms with E-state index in [0.717, 1.165) is 28.8 Å². The number of amides is 1. The van der Waals surface area contributed by atoms with Crippen LogP contribution in [0.1, 0.15) is 12.5 Å². The second-order valence-electron chi connectivity index (χ2n) is 4.70. The first-order valence-corrected chi connectivity index (χ1v) is 7.99. The van der Waals surface area contributed by atoms with E-state index in [9.17, 15) is 4.79 Å². The number of piperazine rings is 1. The monoisotopic (exact) mass is 371 g/mol. The molecule has 2 N–H and O–H groups in total. The number of thiocarbonyl (C=S) groups is 1. The third kappa shape index (κ3) is 3.85. The summed E-state index contributed by atoms with van der Waals surface area (Å²) in [5.74, 6) is 0. The van der Waals surface area contributed by atoms with Gasteiger partial charge in [-0.1, -0.05) is 12.2 Å². The second kappa shape index (κ2) is 7.09. The number of nitrogens with zero attached hydrogens (tertiary/aromatic N) is 2. The molecule has 1 saturated heterocycles. The first-order chi connectivity index (χ1) is 10.0. The van der Waals surface area contributed by atoms with Crippen LogP contribution in [-0.4, -0.2) is 48.8 Å². The number of rotatable bonds is 3.